The summed E-state index contributed by atoms with van der Waals surface area (Å²) in [4.78, 5) is 26.6. The lowest BCUT2D eigenvalue weighted by molar-refractivity contribution is -0.383. The van der Waals surface area contributed by atoms with Crippen LogP contribution in [0.4, 0.5) is 21.9 Å². The predicted molar refractivity (Wildman–Crippen MR) is 96.9 cm³/mol. The maximum Gasteiger partial charge on any atom is 0.410 e. The van der Waals surface area contributed by atoms with E-state index >= 15 is 0 Å². The normalized spacial score (nSPS) is 18.2. The van der Waals surface area contributed by atoms with Gasteiger partial charge in [0.25, 0.3) is 5.69 Å². The average molecular weight is 350 g/mol. The third kappa shape index (κ3) is 4.32. The molecule has 8 heteroatoms. The smallest absolute Gasteiger partial charge is 0.410 e. The Morgan fingerprint density at radius 1 is 1.36 bits per heavy atom. The molecular formula is C17H26N4O4. The van der Waals surface area contributed by atoms with Crippen LogP contribution in [0.15, 0.2) is 12.1 Å². The molecule has 1 amide bonds. The molecular weight excluding hydrogens is 324 g/mol. The molecule has 1 atom stereocenters. The van der Waals surface area contributed by atoms with E-state index in [4.69, 9.17) is 10.5 Å². The Balaban J connectivity index is 2.15. The lowest BCUT2D eigenvalue weighted by Gasteiger charge is -2.42. The number of carbonyl (C=O) groups is 1. The van der Waals surface area contributed by atoms with Gasteiger partial charge in [-0.25, -0.2) is 4.79 Å². The van der Waals surface area contributed by atoms with Crippen LogP contribution in [0.25, 0.3) is 0 Å². The van der Waals surface area contributed by atoms with E-state index in [0.717, 1.165) is 11.3 Å². The molecule has 2 N–H and O–H groups in total. The standard InChI is InChI=1S/C17H26N4O4/c1-11-8-15(21(23)24)13(18)9-14(11)20-7-6-19(10-12(20)2)16(22)25-17(3,4)5/h8-9,12H,6-7,10,18H2,1-5H3. The van der Waals surface area contributed by atoms with Crippen molar-refractivity contribution in [2.24, 2.45) is 0 Å². The van der Waals surface area contributed by atoms with E-state index < -0.39 is 10.5 Å². The summed E-state index contributed by atoms with van der Waals surface area (Å²) in [6.07, 6.45) is -0.320. The number of hydrogen-bond donors (Lipinski definition) is 1. The number of carbonyl (C=O) groups excluding carboxylic acids is 1. The van der Waals surface area contributed by atoms with Crippen LogP contribution in [0.5, 0.6) is 0 Å². The SMILES string of the molecule is Cc1cc([N+](=O)[O-])c(N)cc1N1CCN(C(=O)OC(C)(C)C)CC1C. The number of ether oxygens (including phenoxy) is 1. The first-order chi connectivity index (χ1) is 11.5. The summed E-state index contributed by atoms with van der Waals surface area (Å²) in [5.74, 6) is 0. The monoisotopic (exact) mass is 350 g/mol. The second-order valence-corrected chi connectivity index (χ2v) is 7.42. The van der Waals surface area contributed by atoms with Crippen molar-refractivity contribution in [1.82, 2.24) is 4.90 Å². The molecule has 0 aliphatic carbocycles. The van der Waals surface area contributed by atoms with Crippen molar-refractivity contribution in [3.05, 3.63) is 27.8 Å². The van der Waals surface area contributed by atoms with Gasteiger partial charge in [-0.15, -0.1) is 0 Å². The molecule has 1 heterocycles. The molecule has 1 unspecified atom stereocenters. The average Bonchev–Trinajstić information content (AvgIpc) is 2.47. The van der Waals surface area contributed by atoms with Crippen LogP contribution in [0, 0.1) is 17.0 Å². The quantitative estimate of drug-likeness (QED) is 0.500. The number of amides is 1. The molecule has 0 saturated carbocycles. The van der Waals surface area contributed by atoms with Crippen LogP contribution >= 0.6 is 0 Å². The minimum absolute atomic E-state index is 0.0424. The fraction of sp³-hybridized carbons (Fsp3) is 0.588. The van der Waals surface area contributed by atoms with Crippen LogP contribution in [0.2, 0.25) is 0 Å². The summed E-state index contributed by atoms with van der Waals surface area (Å²) in [5, 5.41) is 11.0. The zero-order valence-corrected chi connectivity index (χ0v) is 15.4. The van der Waals surface area contributed by atoms with Gasteiger partial charge in [-0.3, -0.25) is 10.1 Å². The van der Waals surface area contributed by atoms with E-state index in [9.17, 15) is 14.9 Å². The zero-order chi connectivity index (χ0) is 18.9. The highest BCUT2D eigenvalue weighted by atomic mass is 16.6. The van der Waals surface area contributed by atoms with Crippen LogP contribution in [-0.2, 0) is 4.74 Å². The predicted octanol–water partition coefficient (Wildman–Crippen LogP) is 2.93. The maximum atomic E-state index is 12.2. The molecule has 1 fully saturated rings. The highest BCUT2D eigenvalue weighted by molar-refractivity contribution is 5.72. The molecule has 8 nitrogen and oxygen atoms in total. The van der Waals surface area contributed by atoms with Gasteiger partial charge in [0.05, 0.1) is 4.92 Å². The van der Waals surface area contributed by atoms with Crippen LogP contribution in [0.3, 0.4) is 0 Å². The fourth-order valence-corrected chi connectivity index (χ4v) is 2.97. The summed E-state index contributed by atoms with van der Waals surface area (Å²) < 4.78 is 5.42. The summed E-state index contributed by atoms with van der Waals surface area (Å²) in [5.41, 5.74) is 7.02. The van der Waals surface area contributed by atoms with Gasteiger partial charge in [0, 0.05) is 37.4 Å². The Hall–Kier alpha value is -2.51. The first kappa shape index (κ1) is 18.8. The van der Waals surface area contributed by atoms with Gasteiger partial charge < -0.3 is 20.3 Å². The molecule has 1 aliphatic rings. The first-order valence-electron chi connectivity index (χ1n) is 8.28. The van der Waals surface area contributed by atoms with Gasteiger partial charge in [0.1, 0.15) is 11.3 Å². The Labute approximate surface area is 147 Å². The minimum atomic E-state index is -0.527. The second-order valence-electron chi connectivity index (χ2n) is 7.42. The molecule has 1 aromatic carbocycles. The van der Waals surface area contributed by atoms with Gasteiger partial charge in [0.2, 0.25) is 0 Å². The van der Waals surface area contributed by atoms with Gasteiger partial charge >= 0.3 is 6.09 Å². The number of hydrogen-bond acceptors (Lipinski definition) is 6. The second kappa shape index (κ2) is 6.78. The molecule has 0 radical (unpaired) electrons. The van der Waals surface area contributed by atoms with Crippen molar-refractivity contribution in [3.63, 3.8) is 0 Å². The molecule has 1 aliphatic heterocycles. The molecule has 0 spiro atoms. The summed E-state index contributed by atoms with van der Waals surface area (Å²) in [6, 6.07) is 3.19. The molecule has 25 heavy (non-hydrogen) atoms. The van der Waals surface area contributed by atoms with Crippen LogP contribution < -0.4 is 10.6 Å². The minimum Gasteiger partial charge on any atom is -0.444 e. The highest BCUT2D eigenvalue weighted by Crippen LogP contribution is 2.33. The Kier molecular flexibility index (Phi) is 5.10. The van der Waals surface area contributed by atoms with Crippen molar-refractivity contribution in [3.8, 4) is 0 Å². The lowest BCUT2D eigenvalue weighted by atomic mass is 10.1. The number of rotatable bonds is 2. The first-order valence-corrected chi connectivity index (χ1v) is 8.28. The van der Waals surface area contributed by atoms with Crippen LogP contribution in [-0.4, -0.2) is 47.2 Å². The maximum absolute atomic E-state index is 12.2. The summed E-state index contributed by atoms with van der Waals surface area (Å²) >= 11 is 0. The van der Waals surface area contributed by atoms with Crippen molar-refractivity contribution < 1.29 is 14.5 Å². The van der Waals surface area contributed by atoms with Gasteiger partial charge in [0.15, 0.2) is 0 Å². The molecule has 1 saturated heterocycles. The van der Waals surface area contributed by atoms with Crippen LogP contribution in [0.1, 0.15) is 33.3 Å². The fourth-order valence-electron chi connectivity index (χ4n) is 2.97. The lowest BCUT2D eigenvalue weighted by Crippen LogP contribution is -2.54. The summed E-state index contributed by atoms with van der Waals surface area (Å²) in [6.45, 7) is 11.0. The molecule has 0 aromatic heterocycles. The molecule has 0 bridgehead atoms. The van der Waals surface area contributed by atoms with E-state index in [2.05, 4.69) is 4.90 Å². The largest absolute Gasteiger partial charge is 0.444 e. The van der Waals surface area contributed by atoms with Crippen molar-refractivity contribution in [2.45, 2.75) is 46.3 Å². The number of nitrogen functional groups attached to an aromatic ring is 1. The Morgan fingerprint density at radius 2 is 2.00 bits per heavy atom. The van der Waals surface area contributed by atoms with Gasteiger partial charge in [-0.1, -0.05) is 0 Å². The molecule has 1 aromatic rings. The number of nitrogens with zero attached hydrogens (tertiary/aromatic N) is 3. The van der Waals surface area contributed by atoms with Crippen molar-refractivity contribution in [2.75, 3.05) is 30.3 Å². The topological polar surface area (TPSA) is 102 Å². The third-order valence-electron chi connectivity index (χ3n) is 4.13. The zero-order valence-electron chi connectivity index (χ0n) is 15.4. The number of aryl methyl sites for hydroxylation is 1. The Morgan fingerprint density at radius 3 is 2.52 bits per heavy atom. The number of nitrogens with two attached hydrogens (primary N) is 1. The number of nitro groups is 1. The van der Waals surface area contributed by atoms with E-state index in [1.807, 2.05) is 34.6 Å². The van der Waals surface area contributed by atoms with Gasteiger partial charge in [-0.2, -0.15) is 0 Å². The van der Waals surface area contributed by atoms with E-state index in [-0.39, 0.29) is 23.5 Å². The van der Waals surface area contributed by atoms with E-state index in [1.54, 1.807) is 11.0 Å². The number of anilines is 2. The number of benzene rings is 1. The van der Waals surface area contributed by atoms with Gasteiger partial charge in [-0.05, 0) is 46.2 Å². The van der Waals surface area contributed by atoms with Crippen molar-refractivity contribution >= 4 is 23.2 Å². The number of nitro benzene ring substituents is 1. The third-order valence-corrected chi connectivity index (χ3v) is 4.13. The van der Waals surface area contributed by atoms with E-state index in [1.165, 1.54) is 6.07 Å². The summed E-state index contributed by atoms with van der Waals surface area (Å²) in [7, 11) is 0. The highest BCUT2D eigenvalue weighted by Gasteiger charge is 2.31. The van der Waals surface area contributed by atoms with Crippen molar-refractivity contribution in [1.29, 1.82) is 0 Å². The Bertz CT molecular complexity index is 684. The number of piperazine rings is 1. The molecule has 2 rings (SSSR count). The molecule has 138 valence electrons. The van der Waals surface area contributed by atoms with E-state index in [0.29, 0.717) is 19.6 Å².